The molecule has 1 amide bonds. The lowest BCUT2D eigenvalue weighted by Gasteiger charge is -2.33. The van der Waals surface area contributed by atoms with Crippen LogP contribution in [0.3, 0.4) is 0 Å². The fraction of sp³-hybridized carbons (Fsp3) is 0.412. The zero-order valence-electron chi connectivity index (χ0n) is 14.8. The standard InChI is InChI=1S/C17H19F2N5O3/c1-9-15(24(26)27)16(23(2)22-9)17(25)21-14-8-20-6-5-11(14)10-3-4-12(18)13(19)7-10/h3-4,7,11,14,20H,5-6,8H2,1-2H3,(H,21,25). The van der Waals surface area contributed by atoms with E-state index in [9.17, 15) is 23.7 Å². The Kier molecular flexibility index (Phi) is 5.17. The Balaban J connectivity index is 1.88. The number of hydrogen-bond donors (Lipinski definition) is 2. The predicted octanol–water partition coefficient (Wildman–Crippen LogP) is 1.79. The predicted molar refractivity (Wildman–Crippen MR) is 92.4 cm³/mol. The molecular formula is C17H19F2N5O3. The molecule has 10 heteroatoms. The molecule has 144 valence electrons. The van der Waals surface area contributed by atoms with Crippen LogP contribution in [0.25, 0.3) is 0 Å². The third-order valence-electron chi connectivity index (χ3n) is 4.76. The number of halogens is 2. The van der Waals surface area contributed by atoms with Gasteiger partial charge in [0.25, 0.3) is 5.91 Å². The fourth-order valence-corrected chi connectivity index (χ4v) is 3.51. The Morgan fingerprint density at radius 2 is 2.15 bits per heavy atom. The number of benzene rings is 1. The lowest BCUT2D eigenvalue weighted by atomic mass is 9.86. The van der Waals surface area contributed by atoms with E-state index in [1.54, 1.807) is 0 Å². The lowest BCUT2D eigenvalue weighted by molar-refractivity contribution is -0.385. The van der Waals surface area contributed by atoms with E-state index in [0.717, 1.165) is 12.1 Å². The molecule has 0 saturated carbocycles. The smallest absolute Gasteiger partial charge is 0.322 e. The summed E-state index contributed by atoms with van der Waals surface area (Å²) in [5, 5.41) is 21.2. The van der Waals surface area contributed by atoms with Crippen LogP contribution in [0.2, 0.25) is 0 Å². The molecule has 2 aromatic rings. The molecule has 0 bridgehead atoms. The van der Waals surface area contributed by atoms with Gasteiger partial charge in [0, 0.05) is 25.6 Å². The summed E-state index contributed by atoms with van der Waals surface area (Å²) in [6.07, 6.45) is 0.600. The quantitative estimate of drug-likeness (QED) is 0.623. The number of nitrogens with zero attached hydrogens (tertiary/aromatic N) is 3. The minimum atomic E-state index is -0.950. The largest absolute Gasteiger partial charge is 0.346 e. The minimum absolute atomic E-state index is 0.145. The zero-order valence-corrected chi connectivity index (χ0v) is 14.8. The third kappa shape index (κ3) is 3.65. The maximum Gasteiger partial charge on any atom is 0.322 e. The van der Waals surface area contributed by atoms with E-state index in [-0.39, 0.29) is 23.0 Å². The Bertz CT molecular complexity index is 899. The maximum absolute atomic E-state index is 13.6. The molecule has 0 radical (unpaired) electrons. The molecular weight excluding hydrogens is 360 g/mol. The first-order valence-corrected chi connectivity index (χ1v) is 8.44. The van der Waals surface area contributed by atoms with E-state index >= 15 is 0 Å². The van der Waals surface area contributed by atoms with E-state index < -0.39 is 28.5 Å². The summed E-state index contributed by atoms with van der Waals surface area (Å²) in [7, 11) is 1.46. The van der Waals surface area contributed by atoms with Crippen molar-refractivity contribution in [2.24, 2.45) is 7.05 Å². The van der Waals surface area contributed by atoms with Gasteiger partial charge in [-0.05, 0) is 37.6 Å². The number of rotatable bonds is 4. The van der Waals surface area contributed by atoms with E-state index in [0.29, 0.717) is 25.1 Å². The maximum atomic E-state index is 13.6. The van der Waals surface area contributed by atoms with E-state index in [1.807, 2.05) is 0 Å². The monoisotopic (exact) mass is 379 g/mol. The molecule has 1 aromatic carbocycles. The molecule has 0 spiro atoms. The van der Waals surface area contributed by atoms with Crippen molar-refractivity contribution >= 4 is 11.6 Å². The number of carbonyl (C=O) groups is 1. The zero-order chi connectivity index (χ0) is 19.7. The molecule has 3 rings (SSSR count). The van der Waals surface area contributed by atoms with Crippen LogP contribution < -0.4 is 10.6 Å². The van der Waals surface area contributed by atoms with Crippen molar-refractivity contribution < 1.29 is 18.5 Å². The number of aryl methyl sites for hydroxylation is 2. The van der Waals surface area contributed by atoms with Gasteiger partial charge in [-0.25, -0.2) is 8.78 Å². The molecule has 8 nitrogen and oxygen atoms in total. The Hall–Kier alpha value is -2.88. The van der Waals surface area contributed by atoms with Gasteiger partial charge in [-0.3, -0.25) is 19.6 Å². The van der Waals surface area contributed by atoms with Crippen LogP contribution in [-0.4, -0.2) is 39.7 Å². The van der Waals surface area contributed by atoms with Crippen LogP contribution in [-0.2, 0) is 7.05 Å². The van der Waals surface area contributed by atoms with Gasteiger partial charge in [0.1, 0.15) is 5.69 Å². The highest BCUT2D eigenvalue weighted by molar-refractivity contribution is 5.97. The van der Waals surface area contributed by atoms with Crippen molar-refractivity contribution in [1.29, 1.82) is 0 Å². The van der Waals surface area contributed by atoms with Gasteiger partial charge < -0.3 is 10.6 Å². The molecule has 2 unspecified atom stereocenters. The van der Waals surface area contributed by atoms with Crippen molar-refractivity contribution in [2.75, 3.05) is 13.1 Å². The summed E-state index contributed by atoms with van der Waals surface area (Å²) in [6.45, 7) is 2.52. The van der Waals surface area contributed by atoms with Crippen LogP contribution in [0.1, 0.15) is 34.1 Å². The van der Waals surface area contributed by atoms with Gasteiger partial charge in [-0.1, -0.05) is 6.07 Å². The van der Waals surface area contributed by atoms with Gasteiger partial charge >= 0.3 is 5.69 Å². The molecule has 2 N–H and O–H groups in total. The first kappa shape index (κ1) is 18.9. The summed E-state index contributed by atoms with van der Waals surface area (Å²) in [5.74, 6) is -2.77. The van der Waals surface area contributed by atoms with Gasteiger partial charge in [0.2, 0.25) is 5.69 Å². The molecule has 1 aliphatic rings. The SMILES string of the molecule is Cc1nn(C)c(C(=O)NC2CNCCC2c2ccc(F)c(F)c2)c1[N+](=O)[O-]. The molecule has 1 saturated heterocycles. The number of nitro groups is 1. The normalized spacial score (nSPS) is 19.7. The third-order valence-corrected chi connectivity index (χ3v) is 4.76. The molecule has 0 aliphatic carbocycles. The van der Waals surface area contributed by atoms with E-state index in [4.69, 9.17) is 0 Å². The number of aromatic nitrogens is 2. The van der Waals surface area contributed by atoms with Gasteiger partial charge in [0.05, 0.1) is 4.92 Å². The summed E-state index contributed by atoms with van der Waals surface area (Å²) in [6, 6.07) is 3.23. The molecule has 2 heterocycles. The molecule has 27 heavy (non-hydrogen) atoms. The van der Waals surface area contributed by atoms with Crippen molar-refractivity contribution in [1.82, 2.24) is 20.4 Å². The van der Waals surface area contributed by atoms with Crippen molar-refractivity contribution in [3.05, 3.63) is 56.9 Å². The second kappa shape index (κ2) is 7.39. The van der Waals surface area contributed by atoms with Crippen LogP contribution >= 0.6 is 0 Å². The fourth-order valence-electron chi connectivity index (χ4n) is 3.51. The molecule has 1 aromatic heterocycles. The van der Waals surface area contributed by atoms with Crippen LogP contribution in [0.4, 0.5) is 14.5 Å². The second-order valence-corrected chi connectivity index (χ2v) is 6.52. The highest BCUT2D eigenvalue weighted by Crippen LogP contribution is 2.28. The molecule has 2 atom stereocenters. The van der Waals surface area contributed by atoms with Crippen LogP contribution in [0, 0.1) is 28.7 Å². The average Bonchev–Trinajstić information content (AvgIpc) is 2.92. The number of carbonyl (C=O) groups excluding carboxylic acids is 1. The van der Waals surface area contributed by atoms with Crippen molar-refractivity contribution in [2.45, 2.75) is 25.3 Å². The van der Waals surface area contributed by atoms with Gasteiger partial charge in [-0.15, -0.1) is 0 Å². The Morgan fingerprint density at radius 3 is 2.81 bits per heavy atom. The first-order valence-electron chi connectivity index (χ1n) is 8.44. The lowest BCUT2D eigenvalue weighted by Crippen LogP contribution is -2.50. The van der Waals surface area contributed by atoms with Gasteiger partial charge in [0.15, 0.2) is 11.6 Å². The highest BCUT2D eigenvalue weighted by atomic mass is 19.2. The van der Waals surface area contributed by atoms with Crippen LogP contribution in [0.5, 0.6) is 0 Å². The number of amides is 1. The average molecular weight is 379 g/mol. The Labute approximate surface area is 153 Å². The summed E-state index contributed by atoms with van der Waals surface area (Å²) in [4.78, 5) is 23.4. The summed E-state index contributed by atoms with van der Waals surface area (Å²) >= 11 is 0. The highest BCUT2D eigenvalue weighted by Gasteiger charge is 2.33. The second-order valence-electron chi connectivity index (χ2n) is 6.52. The topological polar surface area (TPSA) is 102 Å². The number of hydrogen-bond acceptors (Lipinski definition) is 5. The minimum Gasteiger partial charge on any atom is -0.346 e. The first-order chi connectivity index (χ1) is 12.8. The van der Waals surface area contributed by atoms with Gasteiger partial charge in [-0.2, -0.15) is 5.10 Å². The van der Waals surface area contributed by atoms with E-state index in [1.165, 1.54) is 24.7 Å². The molecule has 1 aliphatic heterocycles. The molecule has 1 fully saturated rings. The van der Waals surface area contributed by atoms with Crippen LogP contribution in [0.15, 0.2) is 18.2 Å². The summed E-state index contributed by atoms with van der Waals surface area (Å²) < 4.78 is 28.0. The van der Waals surface area contributed by atoms with E-state index in [2.05, 4.69) is 15.7 Å². The van der Waals surface area contributed by atoms with Crippen molar-refractivity contribution in [3.8, 4) is 0 Å². The number of nitrogens with one attached hydrogen (secondary N) is 2. The Morgan fingerprint density at radius 1 is 1.41 bits per heavy atom. The van der Waals surface area contributed by atoms with Crippen molar-refractivity contribution in [3.63, 3.8) is 0 Å². The number of piperidine rings is 1. The summed E-state index contributed by atoms with van der Waals surface area (Å²) in [5.41, 5.74) is 0.221.